The Morgan fingerprint density at radius 2 is 2.00 bits per heavy atom. The molecule has 1 aliphatic heterocycles. The molecule has 3 heterocycles. The van der Waals surface area contributed by atoms with Crippen molar-refractivity contribution >= 4 is 5.91 Å². The van der Waals surface area contributed by atoms with Gasteiger partial charge in [0.1, 0.15) is 0 Å². The number of hydrogen-bond acceptors (Lipinski definition) is 5. The van der Waals surface area contributed by atoms with Gasteiger partial charge in [0.25, 0.3) is 11.9 Å². The molecular weight excluding hydrogens is 304 g/mol. The molecule has 2 N–H and O–H groups in total. The topological polar surface area (TPSA) is 84.7 Å². The van der Waals surface area contributed by atoms with Crippen molar-refractivity contribution < 1.29 is 4.79 Å². The molecule has 1 saturated heterocycles. The Hall–Kier alpha value is -2.28. The lowest BCUT2D eigenvalue weighted by Gasteiger charge is -2.27. The van der Waals surface area contributed by atoms with E-state index in [0.29, 0.717) is 24.0 Å². The third-order valence-corrected chi connectivity index (χ3v) is 4.13. The number of carbonyl (C=O) groups excluding carboxylic acids is 1. The van der Waals surface area contributed by atoms with Crippen molar-refractivity contribution in [3.8, 4) is 5.95 Å². The average molecular weight is 328 g/mol. The van der Waals surface area contributed by atoms with Crippen molar-refractivity contribution in [3.05, 3.63) is 34.9 Å². The quantitative estimate of drug-likeness (QED) is 0.865. The zero-order chi connectivity index (χ0) is 17.3. The predicted octanol–water partition coefficient (Wildman–Crippen LogP) is 1.35. The van der Waals surface area contributed by atoms with E-state index in [-0.39, 0.29) is 11.8 Å². The van der Waals surface area contributed by atoms with E-state index in [4.69, 9.17) is 0 Å². The Bertz CT molecular complexity index is 727. The molecule has 0 saturated carbocycles. The van der Waals surface area contributed by atoms with E-state index >= 15 is 0 Å². The highest BCUT2D eigenvalue weighted by Gasteiger charge is 2.22. The highest BCUT2D eigenvalue weighted by molar-refractivity contribution is 5.95. The van der Waals surface area contributed by atoms with Crippen LogP contribution in [0, 0.1) is 19.8 Å². The summed E-state index contributed by atoms with van der Waals surface area (Å²) in [4.78, 5) is 21.4. The summed E-state index contributed by atoms with van der Waals surface area (Å²) in [6.07, 6.45) is 1.73. The third kappa shape index (κ3) is 3.46. The van der Waals surface area contributed by atoms with Gasteiger partial charge in [0.2, 0.25) is 0 Å². The predicted molar refractivity (Wildman–Crippen MR) is 91.4 cm³/mol. The van der Waals surface area contributed by atoms with Crippen LogP contribution in [0.5, 0.6) is 0 Å². The molecule has 0 aliphatic carbocycles. The highest BCUT2D eigenvalue weighted by Crippen LogP contribution is 2.19. The number of nitrogens with zero attached hydrogens (tertiary/aromatic N) is 4. The van der Waals surface area contributed by atoms with Gasteiger partial charge in [0, 0.05) is 43.1 Å². The lowest BCUT2D eigenvalue weighted by Crippen LogP contribution is -2.48. The summed E-state index contributed by atoms with van der Waals surface area (Å²) in [6.45, 7) is 10.5. The number of aromatic nitrogens is 4. The molecule has 0 unspecified atom stereocenters. The van der Waals surface area contributed by atoms with Gasteiger partial charge in [0.05, 0.1) is 11.3 Å². The fraction of sp³-hybridized carbons (Fsp3) is 0.529. The van der Waals surface area contributed by atoms with Crippen LogP contribution in [0.2, 0.25) is 0 Å². The van der Waals surface area contributed by atoms with Crippen LogP contribution in [0.1, 0.15) is 47.2 Å². The van der Waals surface area contributed by atoms with Gasteiger partial charge in [-0.15, -0.1) is 0 Å². The van der Waals surface area contributed by atoms with Gasteiger partial charge in [0.15, 0.2) is 0 Å². The van der Waals surface area contributed by atoms with Gasteiger partial charge >= 0.3 is 0 Å². The summed E-state index contributed by atoms with van der Waals surface area (Å²) >= 11 is 0. The minimum atomic E-state index is -0.0822. The van der Waals surface area contributed by atoms with Gasteiger partial charge < -0.3 is 10.6 Å². The summed E-state index contributed by atoms with van der Waals surface area (Å²) in [5, 5.41) is 10.8. The first-order valence-electron chi connectivity index (χ1n) is 8.35. The second-order valence-electron chi connectivity index (χ2n) is 6.71. The zero-order valence-electron chi connectivity index (χ0n) is 14.6. The van der Waals surface area contributed by atoms with Crippen molar-refractivity contribution in [1.82, 2.24) is 30.4 Å². The van der Waals surface area contributed by atoms with E-state index in [1.54, 1.807) is 10.9 Å². The first-order valence-corrected chi connectivity index (χ1v) is 8.35. The number of amides is 1. The third-order valence-electron chi connectivity index (χ3n) is 4.13. The molecule has 128 valence electrons. The zero-order valence-corrected chi connectivity index (χ0v) is 14.6. The molecule has 1 aliphatic rings. The van der Waals surface area contributed by atoms with E-state index in [9.17, 15) is 4.79 Å². The van der Waals surface area contributed by atoms with E-state index < -0.39 is 0 Å². The van der Waals surface area contributed by atoms with Crippen LogP contribution in [0.4, 0.5) is 0 Å². The molecule has 2 aromatic heterocycles. The van der Waals surface area contributed by atoms with Crippen LogP contribution < -0.4 is 10.6 Å². The average Bonchev–Trinajstić information content (AvgIpc) is 2.89. The molecule has 2 aromatic rings. The molecule has 0 spiro atoms. The summed E-state index contributed by atoms with van der Waals surface area (Å²) in [7, 11) is 0. The second-order valence-corrected chi connectivity index (χ2v) is 6.71. The van der Waals surface area contributed by atoms with Gasteiger partial charge in [-0.05, 0) is 25.8 Å². The molecule has 0 atom stereocenters. The number of aryl methyl sites for hydroxylation is 2. The van der Waals surface area contributed by atoms with Crippen LogP contribution in [-0.2, 0) is 0 Å². The molecule has 24 heavy (non-hydrogen) atoms. The number of rotatable bonds is 5. The molecule has 1 amide bonds. The Kier molecular flexibility index (Phi) is 4.62. The maximum absolute atomic E-state index is 12.6. The van der Waals surface area contributed by atoms with Gasteiger partial charge in [-0.25, -0.2) is 14.6 Å². The summed E-state index contributed by atoms with van der Waals surface area (Å²) in [6, 6.07) is 1.91. The molecule has 7 heteroatoms. The summed E-state index contributed by atoms with van der Waals surface area (Å²) < 4.78 is 1.61. The van der Waals surface area contributed by atoms with E-state index in [1.807, 2.05) is 33.8 Å². The Balaban J connectivity index is 1.87. The minimum absolute atomic E-state index is 0.0822. The molecule has 1 fully saturated rings. The summed E-state index contributed by atoms with van der Waals surface area (Å²) in [5.74, 6) is 1.08. The van der Waals surface area contributed by atoms with Crippen molar-refractivity contribution in [1.29, 1.82) is 0 Å². The molecule has 0 aromatic carbocycles. The maximum Gasteiger partial charge on any atom is 0.254 e. The molecule has 0 radical (unpaired) electrons. The van der Waals surface area contributed by atoms with Gasteiger partial charge in [-0.3, -0.25) is 4.79 Å². The lowest BCUT2D eigenvalue weighted by atomic mass is 10.0. The molecule has 0 bridgehead atoms. The fourth-order valence-electron chi connectivity index (χ4n) is 2.73. The first kappa shape index (κ1) is 16.6. The summed E-state index contributed by atoms with van der Waals surface area (Å²) in [5.41, 5.74) is 3.12. The Labute approximate surface area is 141 Å². The van der Waals surface area contributed by atoms with Gasteiger partial charge in [-0.2, -0.15) is 5.10 Å². The van der Waals surface area contributed by atoms with Crippen molar-refractivity contribution in [2.24, 2.45) is 5.92 Å². The SMILES string of the molecule is Cc1cc(C)nc(-n2cc(C(=O)NCC3CNC3)c(C(C)C)n2)n1. The van der Waals surface area contributed by atoms with Crippen LogP contribution in [0.3, 0.4) is 0 Å². The standard InChI is InChI=1S/C17H24N6O/c1-10(2)15-14(16(24)19-8-13-6-18-7-13)9-23(22-15)17-20-11(3)5-12(4)21-17/h5,9-10,13,18H,6-8H2,1-4H3,(H,19,24). The van der Waals surface area contributed by atoms with E-state index in [1.165, 1.54) is 0 Å². The highest BCUT2D eigenvalue weighted by atomic mass is 16.1. The van der Waals surface area contributed by atoms with Crippen LogP contribution in [-0.4, -0.2) is 45.3 Å². The molecular formula is C17H24N6O. The Morgan fingerprint density at radius 1 is 1.33 bits per heavy atom. The lowest BCUT2D eigenvalue weighted by molar-refractivity contribution is 0.0941. The fourth-order valence-corrected chi connectivity index (χ4v) is 2.73. The van der Waals surface area contributed by atoms with Gasteiger partial charge in [-0.1, -0.05) is 13.8 Å². The van der Waals surface area contributed by atoms with Crippen LogP contribution >= 0.6 is 0 Å². The largest absolute Gasteiger partial charge is 0.352 e. The first-order chi connectivity index (χ1) is 11.4. The Morgan fingerprint density at radius 3 is 2.54 bits per heavy atom. The minimum Gasteiger partial charge on any atom is -0.352 e. The van der Waals surface area contributed by atoms with Crippen molar-refractivity contribution in [3.63, 3.8) is 0 Å². The van der Waals surface area contributed by atoms with Crippen molar-refractivity contribution in [2.75, 3.05) is 19.6 Å². The number of hydrogen-bond donors (Lipinski definition) is 2. The van der Waals surface area contributed by atoms with Crippen LogP contribution in [0.15, 0.2) is 12.3 Å². The van der Waals surface area contributed by atoms with E-state index in [0.717, 1.165) is 30.2 Å². The monoisotopic (exact) mass is 328 g/mol. The van der Waals surface area contributed by atoms with Crippen LogP contribution in [0.25, 0.3) is 5.95 Å². The molecule has 3 rings (SSSR count). The molecule has 7 nitrogen and oxygen atoms in total. The van der Waals surface area contributed by atoms with Crippen molar-refractivity contribution in [2.45, 2.75) is 33.6 Å². The van der Waals surface area contributed by atoms with E-state index in [2.05, 4.69) is 25.7 Å². The normalized spacial score (nSPS) is 14.7. The number of nitrogens with one attached hydrogen (secondary N) is 2. The maximum atomic E-state index is 12.6. The second kappa shape index (κ2) is 6.68. The smallest absolute Gasteiger partial charge is 0.254 e. The number of carbonyl (C=O) groups is 1.